The Kier molecular flexibility index (Phi) is 3.88. The second-order valence-electron chi connectivity index (χ2n) is 5.00. The zero-order valence-electron chi connectivity index (χ0n) is 11.7. The molecule has 1 aromatic rings. The van der Waals surface area contributed by atoms with E-state index in [0.29, 0.717) is 11.1 Å². The van der Waals surface area contributed by atoms with Crippen LogP contribution in [0.5, 0.6) is 0 Å². The van der Waals surface area contributed by atoms with Crippen molar-refractivity contribution in [3.63, 3.8) is 0 Å². The zero-order valence-corrected chi connectivity index (χ0v) is 12.5. The maximum atomic E-state index is 12.0. The van der Waals surface area contributed by atoms with Crippen LogP contribution in [-0.4, -0.2) is 25.6 Å². The highest BCUT2D eigenvalue weighted by molar-refractivity contribution is 7.10. The van der Waals surface area contributed by atoms with E-state index in [9.17, 15) is 9.59 Å². The van der Waals surface area contributed by atoms with Gasteiger partial charge < -0.3 is 10.1 Å². The maximum Gasteiger partial charge on any atom is 0.334 e. The largest absolute Gasteiger partial charge is 0.466 e. The molecule has 0 unspecified atom stereocenters. The van der Waals surface area contributed by atoms with E-state index in [4.69, 9.17) is 4.74 Å². The van der Waals surface area contributed by atoms with Crippen molar-refractivity contribution in [3.8, 4) is 0 Å². The number of rotatable bonds is 2. The van der Waals surface area contributed by atoms with Crippen LogP contribution in [0.4, 0.5) is 0 Å². The first-order valence-corrected chi connectivity index (χ1v) is 7.66. The van der Waals surface area contributed by atoms with Gasteiger partial charge in [-0.2, -0.15) is 0 Å². The van der Waals surface area contributed by atoms with E-state index in [-0.39, 0.29) is 12.4 Å². The molecule has 2 aliphatic rings. The third kappa shape index (κ3) is 2.51. The summed E-state index contributed by atoms with van der Waals surface area (Å²) >= 11 is 1.73. The summed E-state index contributed by atoms with van der Waals surface area (Å²) in [5, 5.41) is 5.45. The van der Waals surface area contributed by atoms with E-state index < -0.39 is 0 Å². The second-order valence-corrected chi connectivity index (χ2v) is 5.96. The highest BCUT2D eigenvalue weighted by Crippen LogP contribution is 2.36. The van der Waals surface area contributed by atoms with Gasteiger partial charge in [0.1, 0.15) is 5.94 Å². The van der Waals surface area contributed by atoms with Crippen molar-refractivity contribution >= 4 is 28.8 Å². The van der Waals surface area contributed by atoms with Crippen molar-refractivity contribution in [2.45, 2.75) is 19.4 Å². The van der Waals surface area contributed by atoms with Gasteiger partial charge in [-0.3, -0.25) is 0 Å². The molecule has 0 fully saturated rings. The summed E-state index contributed by atoms with van der Waals surface area (Å²) in [6, 6.07) is 0. The molecule has 0 spiro atoms. The molecular weight excluding hydrogens is 286 g/mol. The monoisotopic (exact) mass is 301 g/mol. The highest BCUT2D eigenvalue weighted by atomic mass is 32.1. The van der Waals surface area contributed by atoms with Crippen LogP contribution in [0.15, 0.2) is 28.7 Å². The van der Waals surface area contributed by atoms with E-state index in [1.165, 1.54) is 17.6 Å². The molecule has 0 saturated heterocycles. The normalized spacial score (nSPS) is 17.5. The van der Waals surface area contributed by atoms with Crippen LogP contribution in [0.2, 0.25) is 0 Å². The molecule has 2 heterocycles. The lowest BCUT2D eigenvalue weighted by molar-refractivity contribution is -0.136. The number of allylic oxidation sites excluding steroid dienone is 4. The van der Waals surface area contributed by atoms with Crippen molar-refractivity contribution in [2.24, 2.45) is 0 Å². The number of carbonyl (C=O) groups excluding carboxylic acids is 2. The number of hydrogen-bond acceptors (Lipinski definition) is 5. The molecule has 3 rings (SSSR count). The fourth-order valence-corrected chi connectivity index (χ4v) is 3.80. The third-order valence-corrected chi connectivity index (χ3v) is 4.90. The Morgan fingerprint density at radius 3 is 3.05 bits per heavy atom. The van der Waals surface area contributed by atoms with Crippen molar-refractivity contribution in [1.82, 2.24) is 5.32 Å². The minimum atomic E-state index is -0.384. The molecule has 0 radical (unpaired) electrons. The van der Waals surface area contributed by atoms with E-state index in [1.807, 2.05) is 12.0 Å². The van der Waals surface area contributed by atoms with Gasteiger partial charge in [-0.05, 0) is 34.6 Å². The Labute approximate surface area is 126 Å². The third-order valence-electron chi connectivity index (χ3n) is 3.81. The summed E-state index contributed by atoms with van der Waals surface area (Å²) in [7, 11) is 1.36. The fraction of sp³-hybridized carbons (Fsp3) is 0.312. The smallest absolute Gasteiger partial charge is 0.334 e. The Balaban J connectivity index is 2.11. The molecule has 21 heavy (non-hydrogen) atoms. The van der Waals surface area contributed by atoms with E-state index in [2.05, 4.69) is 10.7 Å². The Hall–Kier alpha value is -1.94. The summed E-state index contributed by atoms with van der Waals surface area (Å²) in [6.45, 7) is 1.81. The van der Waals surface area contributed by atoms with E-state index >= 15 is 0 Å². The average molecular weight is 301 g/mol. The van der Waals surface area contributed by atoms with Crippen LogP contribution >= 0.6 is 11.3 Å². The first-order valence-electron chi connectivity index (χ1n) is 6.78. The van der Waals surface area contributed by atoms with Gasteiger partial charge in [0.2, 0.25) is 0 Å². The number of hydrogen-bond donors (Lipinski definition) is 1. The Bertz CT molecular complexity index is 705. The Morgan fingerprint density at radius 2 is 2.29 bits per heavy atom. The lowest BCUT2D eigenvalue weighted by Gasteiger charge is -2.18. The second kappa shape index (κ2) is 5.82. The van der Waals surface area contributed by atoms with Gasteiger partial charge in [-0.1, -0.05) is 6.08 Å². The fourth-order valence-electron chi connectivity index (χ4n) is 2.72. The molecule has 0 saturated carbocycles. The Morgan fingerprint density at radius 1 is 1.43 bits per heavy atom. The molecular formula is C16H15NO3S. The van der Waals surface area contributed by atoms with Crippen molar-refractivity contribution in [1.29, 1.82) is 0 Å². The number of nitrogens with one attached hydrogen (secondary N) is 1. The van der Waals surface area contributed by atoms with Gasteiger partial charge in [0, 0.05) is 30.0 Å². The summed E-state index contributed by atoms with van der Waals surface area (Å²) in [5.74, 6) is 1.49. The van der Waals surface area contributed by atoms with Crippen LogP contribution in [0, 0.1) is 0 Å². The standard InChI is InChI=1S/C16H15NO3S/c1-20-16(19)12-6-10(8-18)2-3-11(12)14-9-21-15-4-5-17-7-13(14)15/h2-3,9,17H,4-7H2,1H3. The molecule has 0 atom stereocenters. The lowest BCUT2D eigenvalue weighted by Crippen LogP contribution is -2.23. The molecule has 4 nitrogen and oxygen atoms in total. The summed E-state index contributed by atoms with van der Waals surface area (Å²) < 4.78 is 4.87. The molecule has 1 aromatic heterocycles. The van der Waals surface area contributed by atoms with Gasteiger partial charge in [0.25, 0.3) is 0 Å². The number of thiophene rings is 1. The molecule has 1 aliphatic heterocycles. The SMILES string of the molecule is COC(=O)C1=C(c2csc3c2CNCC3)C=CC(=C=O)C1. The van der Waals surface area contributed by atoms with Crippen LogP contribution in [0.25, 0.3) is 5.57 Å². The summed E-state index contributed by atoms with van der Waals surface area (Å²) in [5.41, 5.74) is 4.20. The predicted molar refractivity (Wildman–Crippen MR) is 81.6 cm³/mol. The van der Waals surface area contributed by atoms with Gasteiger partial charge in [-0.15, -0.1) is 11.3 Å². The summed E-state index contributed by atoms with van der Waals surface area (Å²) in [6.07, 6.45) is 4.85. The van der Waals surface area contributed by atoms with Crippen molar-refractivity contribution in [2.75, 3.05) is 13.7 Å². The number of ether oxygens (including phenoxy) is 1. The molecule has 0 amide bonds. The number of methoxy groups -OCH3 is 1. The van der Waals surface area contributed by atoms with Crippen LogP contribution in [-0.2, 0) is 27.3 Å². The van der Waals surface area contributed by atoms with Crippen LogP contribution in [0.3, 0.4) is 0 Å². The summed E-state index contributed by atoms with van der Waals surface area (Å²) in [4.78, 5) is 24.2. The quantitative estimate of drug-likeness (QED) is 0.671. The maximum absolute atomic E-state index is 12.0. The predicted octanol–water partition coefficient (Wildman–Crippen LogP) is 2.04. The molecule has 0 aromatic carbocycles. The minimum Gasteiger partial charge on any atom is -0.466 e. The average Bonchev–Trinajstić information content (AvgIpc) is 2.97. The molecule has 0 bridgehead atoms. The minimum absolute atomic E-state index is 0.278. The van der Waals surface area contributed by atoms with Gasteiger partial charge in [0.05, 0.1) is 12.7 Å². The number of fused-ring (bicyclic) bond motifs is 1. The first-order chi connectivity index (χ1) is 10.2. The van der Waals surface area contributed by atoms with E-state index in [0.717, 1.165) is 30.6 Å². The molecule has 1 aliphatic carbocycles. The molecule has 1 N–H and O–H groups in total. The first kappa shape index (κ1) is 14.0. The number of carbonyl (C=O) groups is 1. The van der Waals surface area contributed by atoms with Crippen LogP contribution < -0.4 is 5.32 Å². The molecule has 5 heteroatoms. The molecule has 108 valence electrons. The highest BCUT2D eigenvalue weighted by Gasteiger charge is 2.24. The zero-order chi connectivity index (χ0) is 14.8. The van der Waals surface area contributed by atoms with Crippen molar-refractivity contribution < 1.29 is 14.3 Å². The lowest BCUT2D eigenvalue weighted by atomic mass is 9.88. The van der Waals surface area contributed by atoms with Gasteiger partial charge >= 0.3 is 5.97 Å². The topological polar surface area (TPSA) is 55.4 Å². The van der Waals surface area contributed by atoms with Gasteiger partial charge in [-0.25, -0.2) is 9.59 Å². The van der Waals surface area contributed by atoms with Gasteiger partial charge in [0.15, 0.2) is 0 Å². The number of esters is 1. The van der Waals surface area contributed by atoms with Crippen molar-refractivity contribution in [3.05, 3.63) is 44.7 Å². The van der Waals surface area contributed by atoms with E-state index in [1.54, 1.807) is 17.4 Å². The van der Waals surface area contributed by atoms with Crippen LogP contribution in [0.1, 0.15) is 22.4 Å².